The minimum Gasteiger partial charge on any atom is -0.327 e. The second-order valence-electron chi connectivity index (χ2n) is 4.16. The Labute approximate surface area is 104 Å². The topological polar surface area (TPSA) is 33.5 Å². The Kier molecular flexibility index (Phi) is 3.96. The second kappa shape index (κ2) is 5.46. The van der Waals surface area contributed by atoms with Crippen LogP contribution in [0, 0.1) is 0 Å². The standard InChI is InChI=1S/C12H15BrN2O/c13-10-5-1-2-6-11(10)14-12(16)9-15-7-3-4-8-15/h1-2,5-6H,3-4,7-9H2,(H,14,16)/p+1. The third-order valence-electron chi connectivity index (χ3n) is 2.87. The summed E-state index contributed by atoms with van der Waals surface area (Å²) < 4.78 is 0.930. The summed E-state index contributed by atoms with van der Waals surface area (Å²) in [6.45, 7) is 2.84. The van der Waals surface area contributed by atoms with Crippen molar-refractivity contribution in [2.45, 2.75) is 12.8 Å². The van der Waals surface area contributed by atoms with Gasteiger partial charge in [-0.2, -0.15) is 0 Å². The van der Waals surface area contributed by atoms with Crippen molar-refractivity contribution in [1.82, 2.24) is 0 Å². The maximum Gasteiger partial charge on any atom is 0.279 e. The molecule has 1 amide bonds. The molecule has 0 bridgehead atoms. The van der Waals surface area contributed by atoms with Gasteiger partial charge in [-0.05, 0) is 28.1 Å². The first kappa shape index (κ1) is 11.6. The Balaban J connectivity index is 1.89. The number of rotatable bonds is 3. The van der Waals surface area contributed by atoms with Gasteiger partial charge in [-0.1, -0.05) is 12.1 Å². The van der Waals surface area contributed by atoms with Crippen molar-refractivity contribution < 1.29 is 9.69 Å². The van der Waals surface area contributed by atoms with Crippen molar-refractivity contribution in [3.8, 4) is 0 Å². The Hall–Kier alpha value is -0.870. The number of hydrogen-bond acceptors (Lipinski definition) is 1. The van der Waals surface area contributed by atoms with E-state index in [1.54, 1.807) is 0 Å². The minimum absolute atomic E-state index is 0.101. The molecule has 2 N–H and O–H groups in total. The maximum atomic E-state index is 11.8. The molecule has 0 atom stereocenters. The monoisotopic (exact) mass is 283 g/mol. The van der Waals surface area contributed by atoms with Crippen LogP contribution in [-0.4, -0.2) is 25.5 Å². The van der Waals surface area contributed by atoms with Crippen molar-refractivity contribution >= 4 is 27.5 Å². The van der Waals surface area contributed by atoms with Gasteiger partial charge in [0.2, 0.25) is 0 Å². The third kappa shape index (κ3) is 3.06. The molecule has 0 radical (unpaired) electrons. The summed E-state index contributed by atoms with van der Waals surface area (Å²) in [7, 11) is 0. The first-order valence-corrected chi connectivity index (χ1v) is 6.43. The number of carbonyl (C=O) groups is 1. The Morgan fingerprint density at radius 3 is 2.69 bits per heavy atom. The van der Waals surface area contributed by atoms with Gasteiger partial charge < -0.3 is 10.2 Å². The summed E-state index contributed by atoms with van der Waals surface area (Å²) in [4.78, 5) is 13.2. The normalized spacial score (nSPS) is 16.3. The fourth-order valence-electron chi connectivity index (χ4n) is 2.04. The van der Waals surface area contributed by atoms with Crippen molar-refractivity contribution in [2.75, 3.05) is 25.0 Å². The summed E-state index contributed by atoms with van der Waals surface area (Å²) in [5.41, 5.74) is 0.853. The lowest BCUT2D eigenvalue weighted by atomic mass is 10.3. The average Bonchev–Trinajstić information content (AvgIpc) is 2.74. The average molecular weight is 284 g/mol. The number of halogens is 1. The third-order valence-corrected chi connectivity index (χ3v) is 3.56. The van der Waals surface area contributed by atoms with Crippen molar-refractivity contribution in [3.05, 3.63) is 28.7 Å². The van der Waals surface area contributed by atoms with Crippen LogP contribution in [0.4, 0.5) is 5.69 Å². The summed E-state index contributed by atoms with van der Waals surface area (Å²) in [5.74, 6) is 0.101. The molecule has 1 saturated heterocycles. The number of amides is 1. The molecule has 4 heteroatoms. The van der Waals surface area contributed by atoms with Gasteiger partial charge in [-0.25, -0.2) is 0 Å². The number of likely N-dealkylation sites (tertiary alicyclic amines) is 1. The Morgan fingerprint density at radius 2 is 2.00 bits per heavy atom. The highest BCUT2D eigenvalue weighted by Crippen LogP contribution is 2.20. The van der Waals surface area contributed by atoms with Crippen molar-refractivity contribution in [3.63, 3.8) is 0 Å². The second-order valence-corrected chi connectivity index (χ2v) is 5.02. The van der Waals surface area contributed by atoms with Crippen LogP contribution < -0.4 is 10.2 Å². The number of hydrogen-bond donors (Lipinski definition) is 2. The zero-order chi connectivity index (χ0) is 11.4. The number of quaternary nitrogens is 1. The van der Waals surface area contributed by atoms with Crippen LogP contribution in [0.1, 0.15) is 12.8 Å². The molecule has 1 aromatic rings. The molecule has 0 saturated carbocycles. The number of carbonyl (C=O) groups excluding carboxylic acids is 1. The van der Waals surface area contributed by atoms with Gasteiger partial charge in [-0.15, -0.1) is 0 Å². The van der Waals surface area contributed by atoms with Gasteiger partial charge in [0.05, 0.1) is 18.8 Å². The highest BCUT2D eigenvalue weighted by molar-refractivity contribution is 9.10. The highest BCUT2D eigenvalue weighted by atomic mass is 79.9. The zero-order valence-corrected chi connectivity index (χ0v) is 10.7. The summed E-state index contributed by atoms with van der Waals surface area (Å²) in [6.07, 6.45) is 2.50. The Morgan fingerprint density at radius 1 is 1.31 bits per heavy atom. The molecule has 86 valence electrons. The SMILES string of the molecule is O=C(C[NH+]1CCCC1)Nc1ccccc1Br. The van der Waals surface area contributed by atoms with Crippen molar-refractivity contribution in [1.29, 1.82) is 0 Å². The predicted molar refractivity (Wildman–Crippen MR) is 67.6 cm³/mol. The quantitative estimate of drug-likeness (QED) is 0.855. The summed E-state index contributed by atoms with van der Waals surface area (Å²) in [6, 6.07) is 7.69. The predicted octanol–water partition coefficient (Wildman–Crippen LogP) is 1.07. The van der Waals surface area contributed by atoms with Gasteiger partial charge >= 0.3 is 0 Å². The lowest BCUT2D eigenvalue weighted by molar-refractivity contribution is -0.878. The molecule has 1 aliphatic heterocycles. The van der Waals surface area contributed by atoms with E-state index in [1.807, 2.05) is 24.3 Å². The Bertz CT molecular complexity index is 375. The molecule has 1 aliphatic rings. The molecule has 1 aromatic carbocycles. The molecule has 3 nitrogen and oxygen atoms in total. The fraction of sp³-hybridized carbons (Fsp3) is 0.417. The molecule has 0 aromatic heterocycles. The molecule has 1 fully saturated rings. The molecule has 2 rings (SSSR count). The first-order valence-electron chi connectivity index (χ1n) is 5.63. The first-order chi connectivity index (χ1) is 7.75. The van der Waals surface area contributed by atoms with Gasteiger partial charge in [0.15, 0.2) is 6.54 Å². The van der Waals surface area contributed by atoms with Crippen LogP contribution in [0.2, 0.25) is 0 Å². The van der Waals surface area contributed by atoms with Crippen LogP contribution in [0.15, 0.2) is 28.7 Å². The number of benzene rings is 1. The summed E-state index contributed by atoms with van der Waals surface area (Å²) >= 11 is 3.42. The molecule has 0 spiro atoms. The lowest BCUT2D eigenvalue weighted by Gasteiger charge is -2.12. The maximum absolute atomic E-state index is 11.8. The number of nitrogens with one attached hydrogen (secondary N) is 2. The van der Waals surface area contributed by atoms with Crippen LogP contribution in [-0.2, 0) is 4.79 Å². The summed E-state index contributed by atoms with van der Waals surface area (Å²) in [5, 5.41) is 2.93. The minimum atomic E-state index is 0.101. The van der Waals surface area contributed by atoms with Gasteiger partial charge in [0.25, 0.3) is 5.91 Å². The van der Waals surface area contributed by atoms with Crippen LogP contribution in [0.5, 0.6) is 0 Å². The number of para-hydroxylation sites is 1. The van der Waals surface area contributed by atoms with E-state index in [-0.39, 0.29) is 5.91 Å². The van der Waals surface area contributed by atoms with E-state index in [1.165, 1.54) is 17.7 Å². The van der Waals surface area contributed by atoms with E-state index in [0.29, 0.717) is 6.54 Å². The molecular weight excluding hydrogens is 268 g/mol. The van der Waals surface area contributed by atoms with E-state index in [9.17, 15) is 4.79 Å². The largest absolute Gasteiger partial charge is 0.327 e. The van der Waals surface area contributed by atoms with Gasteiger partial charge in [0.1, 0.15) is 0 Å². The van der Waals surface area contributed by atoms with E-state index in [2.05, 4.69) is 21.2 Å². The van der Waals surface area contributed by atoms with Gasteiger partial charge in [-0.3, -0.25) is 4.79 Å². The van der Waals surface area contributed by atoms with Crippen LogP contribution in [0.25, 0.3) is 0 Å². The molecule has 0 aliphatic carbocycles. The molecular formula is C12H16BrN2O+. The lowest BCUT2D eigenvalue weighted by Crippen LogP contribution is -3.11. The molecule has 0 unspecified atom stereocenters. The van der Waals surface area contributed by atoms with Crippen LogP contribution >= 0.6 is 15.9 Å². The zero-order valence-electron chi connectivity index (χ0n) is 9.13. The van der Waals surface area contributed by atoms with E-state index < -0.39 is 0 Å². The van der Waals surface area contributed by atoms with E-state index in [0.717, 1.165) is 23.2 Å². The van der Waals surface area contributed by atoms with E-state index in [4.69, 9.17) is 0 Å². The fourth-order valence-corrected chi connectivity index (χ4v) is 2.42. The number of anilines is 1. The molecule has 16 heavy (non-hydrogen) atoms. The van der Waals surface area contributed by atoms with Gasteiger partial charge in [0, 0.05) is 17.3 Å². The molecule has 1 heterocycles. The van der Waals surface area contributed by atoms with Crippen LogP contribution in [0.3, 0.4) is 0 Å². The van der Waals surface area contributed by atoms with E-state index >= 15 is 0 Å². The smallest absolute Gasteiger partial charge is 0.279 e. The highest BCUT2D eigenvalue weighted by Gasteiger charge is 2.18. The van der Waals surface area contributed by atoms with Crippen molar-refractivity contribution in [2.24, 2.45) is 0 Å².